The van der Waals surface area contributed by atoms with Crippen LogP contribution in [-0.4, -0.2) is 23.9 Å². The molecule has 4 rings (SSSR count). The Labute approximate surface area is 230 Å². The number of thiol groups is 1. The van der Waals surface area contributed by atoms with Crippen molar-refractivity contribution in [3.8, 4) is 0 Å². The molecule has 0 fully saturated rings. The van der Waals surface area contributed by atoms with Crippen molar-refractivity contribution in [1.82, 2.24) is 15.0 Å². The van der Waals surface area contributed by atoms with Crippen LogP contribution in [0.4, 0.5) is 5.69 Å². The lowest BCUT2D eigenvalue weighted by Crippen LogP contribution is -2.41. The van der Waals surface area contributed by atoms with Crippen molar-refractivity contribution in [1.29, 1.82) is 0 Å². The van der Waals surface area contributed by atoms with Gasteiger partial charge < -0.3 is 4.57 Å². The standard InChI is InChI=1S/C29H33ClN4O3S/c1-4-5-6-7-8-22-11-12-24(26(30)17-22)19-33-21(3)31-27-16-13-23(18-28(27)33)29(35)32-34(38(36)37)25-14-9-20(2)10-15-25/h9-18,38H,4-8,19H2,1-3H3,(H,32,35). The Hall–Kier alpha value is -3.36. The minimum atomic E-state index is -3.09. The molecule has 0 atom stereocenters. The number of carbonyl (C=O) groups is 1. The molecule has 9 heteroatoms. The highest BCUT2D eigenvalue weighted by Crippen LogP contribution is 2.25. The number of amides is 1. The minimum absolute atomic E-state index is 0.320. The summed E-state index contributed by atoms with van der Waals surface area (Å²) in [6.07, 6.45) is 5.85. The largest absolute Gasteiger partial charge is 0.324 e. The molecule has 0 aliphatic carbocycles. The summed E-state index contributed by atoms with van der Waals surface area (Å²) in [6.45, 7) is 6.53. The van der Waals surface area contributed by atoms with E-state index in [1.165, 1.54) is 24.8 Å². The first-order valence-electron chi connectivity index (χ1n) is 12.8. The maximum Gasteiger partial charge on any atom is 0.270 e. The molecule has 1 heterocycles. The molecular formula is C29H33ClN4O3S. The average Bonchev–Trinajstić information content (AvgIpc) is 3.21. The molecule has 38 heavy (non-hydrogen) atoms. The van der Waals surface area contributed by atoms with Crippen LogP contribution in [0.3, 0.4) is 0 Å². The lowest BCUT2D eigenvalue weighted by molar-refractivity contribution is 0.0956. The highest BCUT2D eigenvalue weighted by Gasteiger charge is 2.17. The number of rotatable bonds is 11. The molecule has 0 radical (unpaired) electrons. The molecule has 0 aliphatic rings. The number of halogens is 1. The Bertz CT molecular complexity index is 1500. The number of hydrogen-bond acceptors (Lipinski definition) is 4. The monoisotopic (exact) mass is 552 g/mol. The number of aromatic nitrogens is 2. The first-order chi connectivity index (χ1) is 18.3. The molecule has 0 saturated heterocycles. The minimum Gasteiger partial charge on any atom is -0.324 e. The molecule has 0 saturated carbocycles. The van der Waals surface area contributed by atoms with Crippen molar-refractivity contribution in [2.45, 2.75) is 59.4 Å². The zero-order chi connectivity index (χ0) is 27.2. The number of benzene rings is 3. The molecule has 1 aromatic heterocycles. The highest BCUT2D eigenvalue weighted by molar-refractivity contribution is 7.74. The van der Waals surface area contributed by atoms with E-state index >= 15 is 0 Å². The van der Waals surface area contributed by atoms with Gasteiger partial charge in [-0.1, -0.05) is 67.6 Å². The van der Waals surface area contributed by atoms with Gasteiger partial charge >= 0.3 is 0 Å². The first kappa shape index (κ1) is 27.7. The topological polar surface area (TPSA) is 84.3 Å². The fourth-order valence-corrected chi connectivity index (χ4v) is 5.19. The quantitative estimate of drug-likeness (QED) is 0.133. The van der Waals surface area contributed by atoms with Gasteiger partial charge in [-0.05, 0) is 74.2 Å². The van der Waals surface area contributed by atoms with Crippen molar-refractivity contribution in [3.05, 3.63) is 93.8 Å². The summed E-state index contributed by atoms with van der Waals surface area (Å²) >= 11 is 6.67. The maximum absolute atomic E-state index is 13.1. The van der Waals surface area contributed by atoms with Crippen LogP contribution >= 0.6 is 11.6 Å². The molecule has 3 aromatic carbocycles. The van der Waals surface area contributed by atoms with E-state index in [9.17, 15) is 13.2 Å². The van der Waals surface area contributed by atoms with E-state index in [2.05, 4.69) is 29.5 Å². The Morgan fingerprint density at radius 3 is 2.45 bits per heavy atom. The van der Waals surface area contributed by atoms with Crippen LogP contribution in [-0.2, 0) is 23.9 Å². The third kappa shape index (κ3) is 6.55. The average molecular weight is 553 g/mol. The number of hydrazine groups is 1. The second kappa shape index (κ2) is 12.5. The molecular weight excluding hydrogens is 520 g/mol. The Morgan fingerprint density at radius 1 is 1.00 bits per heavy atom. The van der Waals surface area contributed by atoms with E-state index in [-0.39, 0.29) is 0 Å². The summed E-state index contributed by atoms with van der Waals surface area (Å²) in [5, 5.41) is 0.709. The van der Waals surface area contributed by atoms with Gasteiger partial charge in [-0.15, -0.1) is 0 Å². The molecule has 0 aliphatic heterocycles. The molecule has 0 unspecified atom stereocenters. The molecule has 7 nitrogen and oxygen atoms in total. The second-order valence-corrected chi connectivity index (χ2v) is 10.8. The van der Waals surface area contributed by atoms with E-state index in [0.29, 0.717) is 22.8 Å². The van der Waals surface area contributed by atoms with E-state index in [4.69, 9.17) is 11.6 Å². The molecule has 1 amide bonds. The maximum atomic E-state index is 13.1. The lowest BCUT2D eigenvalue weighted by Gasteiger charge is -2.18. The first-order valence-corrected chi connectivity index (χ1v) is 14.3. The third-order valence-corrected chi connectivity index (χ3v) is 7.62. The van der Waals surface area contributed by atoms with Gasteiger partial charge in [-0.2, -0.15) is 4.41 Å². The van der Waals surface area contributed by atoms with Crippen LogP contribution in [0.15, 0.2) is 60.7 Å². The van der Waals surface area contributed by atoms with Crippen molar-refractivity contribution < 1.29 is 13.2 Å². The zero-order valence-electron chi connectivity index (χ0n) is 21.9. The number of unbranched alkanes of at least 4 members (excludes halogenated alkanes) is 3. The summed E-state index contributed by atoms with van der Waals surface area (Å²) in [6, 6.07) is 18.2. The Kier molecular flexibility index (Phi) is 9.07. The van der Waals surface area contributed by atoms with Crippen molar-refractivity contribution >= 4 is 45.1 Å². The smallest absolute Gasteiger partial charge is 0.270 e. The van der Waals surface area contributed by atoms with E-state index in [0.717, 1.165) is 45.2 Å². The van der Waals surface area contributed by atoms with Gasteiger partial charge in [0.05, 0.1) is 23.3 Å². The zero-order valence-corrected chi connectivity index (χ0v) is 23.6. The van der Waals surface area contributed by atoms with Crippen LogP contribution in [0.25, 0.3) is 11.0 Å². The van der Waals surface area contributed by atoms with Gasteiger partial charge in [0.1, 0.15) is 5.82 Å². The lowest BCUT2D eigenvalue weighted by atomic mass is 10.0. The summed E-state index contributed by atoms with van der Waals surface area (Å²) in [5.74, 6) is 0.253. The van der Waals surface area contributed by atoms with Crippen LogP contribution in [0.2, 0.25) is 5.02 Å². The van der Waals surface area contributed by atoms with Crippen LogP contribution in [0.5, 0.6) is 0 Å². The number of hydrogen-bond donors (Lipinski definition) is 2. The molecule has 4 aromatic rings. The number of anilines is 1. The number of imidazole rings is 1. The summed E-state index contributed by atoms with van der Waals surface area (Å²) in [7, 11) is -3.09. The summed E-state index contributed by atoms with van der Waals surface area (Å²) < 4.78 is 26.6. The number of aryl methyl sites for hydroxylation is 3. The second-order valence-electron chi connectivity index (χ2n) is 9.51. The molecule has 200 valence electrons. The number of nitrogens with zero attached hydrogens (tertiary/aromatic N) is 3. The van der Waals surface area contributed by atoms with Gasteiger partial charge in [0.25, 0.3) is 5.91 Å². The number of fused-ring (bicyclic) bond motifs is 1. The Balaban J connectivity index is 1.56. The predicted molar refractivity (Wildman–Crippen MR) is 154 cm³/mol. The van der Waals surface area contributed by atoms with Gasteiger partial charge in [-0.3, -0.25) is 4.79 Å². The fourth-order valence-electron chi connectivity index (χ4n) is 4.43. The normalized spacial score (nSPS) is 11.3. The van der Waals surface area contributed by atoms with Crippen LogP contribution in [0, 0.1) is 13.8 Å². The summed E-state index contributed by atoms with van der Waals surface area (Å²) in [5.41, 5.74) is 7.86. The van der Waals surface area contributed by atoms with Crippen molar-refractivity contribution in [2.24, 2.45) is 0 Å². The van der Waals surface area contributed by atoms with Gasteiger partial charge in [0.15, 0.2) is 0 Å². The molecule has 0 spiro atoms. The van der Waals surface area contributed by atoms with Crippen LogP contribution in [0.1, 0.15) is 65.5 Å². The van der Waals surface area contributed by atoms with Crippen LogP contribution < -0.4 is 9.84 Å². The molecule has 0 bridgehead atoms. The summed E-state index contributed by atoms with van der Waals surface area (Å²) in [4.78, 5) is 17.7. The molecule has 1 N–H and O–H groups in total. The Morgan fingerprint density at radius 2 is 1.76 bits per heavy atom. The van der Waals surface area contributed by atoms with Gasteiger partial charge in [0.2, 0.25) is 10.9 Å². The SMILES string of the molecule is CCCCCCc1ccc(Cn2c(C)nc3ccc(C(=O)NN(c4ccc(C)cc4)[SH](=O)=O)cc32)c(Cl)c1. The third-order valence-electron chi connectivity index (χ3n) is 6.62. The van der Waals surface area contributed by atoms with Crippen molar-refractivity contribution in [2.75, 3.05) is 4.41 Å². The van der Waals surface area contributed by atoms with Crippen molar-refractivity contribution in [3.63, 3.8) is 0 Å². The predicted octanol–water partition coefficient (Wildman–Crippen LogP) is 6.16. The van der Waals surface area contributed by atoms with E-state index in [1.54, 1.807) is 42.5 Å². The number of carbonyl (C=O) groups excluding carboxylic acids is 1. The van der Waals surface area contributed by atoms with E-state index < -0.39 is 16.8 Å². The number of nitrogens with one attached hydrogen (secondary N) is 1. The van der Waals surface area contributed by atoms with Gasteiger partial charge in [0, 0.05) is 10.6 Å². The van der Waals surface area contributed by atoms with Gasteiger partial charge in [-0.25, -0.2) is 18.8 Å². The van der Waals surface area contributed by atoms with E-state index in [1.807, 2.05) is 24.5 Å². The fraction of sp³-hybridized carbons (Fsp3) is 0.310. The highest BCUT2D eigenvalue weighted by atomic mass is 35.5.